The number of nitrogens with one attached hydrogen (secondary N) is 2. The van der Waals surface area contributed by atoms with E-state index in [1.165, 1.54) is 0 Å². The van der Waals surface area contributed by atoms with Crippen molar-refractivity contribution in [2.75, 3.05) is 5.32 Å². The molecule has 29 heavy (non-hydrogen) atoms. The van der Waals surface area contributed by atoms with E-state index in [9.17, 15) is 14.7 Å². The average Bonchev–Trinajstić information content (AvgIpc) is 2.71. The lowest BCUT2D eigenvalue weighted by Crippen LogP contribution is -2.44. The molecule has 3 rings (SSSR count). The van der Waals surface area contributed by atoms with Crippen LogP contribution in [0.3, 0.4) is 0 Å². The Morgan fingerprint density at radius 1 is 0.897 bits per heavy atom. The number of anilines is 1. The molecule has 0 aliphatic rings. The lowest BCUT2D eigenvalue weighted by atomic mass is 10.1. The first kappa shape index (κ1) is 20.2. The number of amides is 2. The van der Waals surface area contributed by atoms with Crippen molar-refractivity contribution >= 4 is 29.3 Å². The number of carboxylic acid groups (broad SMARTS) is 1. The highest BCUT2D eigenvalue weighted by Gasteiger charge is 2.20. The number of carbonyl (C=O) groups excluding carboxylic acids is 1. The Morgan fingerprint density at radius 2 is 1.48 bits per heavy atom. The Balaban J connectivity index is 1.56. The van der Waals surface area contributed by atoms with E-state index in [0.717, 1.165) is 5.56 Å². The van der Waals surface area contributed by atoms with Gasteiger partial charge in [-0.1, -0.05) is 41.9 Å². The van der Waals surface area contributed by atoms with Crippen LogP contribution < -0.4 is 15.4 Å². The molecule has 0 heterocycles. The second kappa shape index (κ2) is 9.61. The van der Waals surface area contributed by atoms with Crippen LogP contribution in [-0.4, -0.2) is 23.1 Å². The minimum absolute atomic E-state index is 0.192. The van der Waals surface area contributed by atoms with E-state index >= 15 is 0 Å². The number of benzene rings is 3. The van der Waals surface area contributed by atoms with Gasteiger partial charge in [-0.05, 0) is 54.1 Å². The van der Waals surface area contributed by atoms with Crippen molar-refractivity contribution < 1.29 is 19.4 Å². The van der Waals surface area contributed by atoms with Crippen molar-refractivity contribution in [3.05, 3.63) is 89.4 Å². The summed E-state index contributed by atoms with van der Waals surface area (Å²) in [6.07, 6.45) is 0.192. The van der Waals surface area contributed by atoms with Crippen LogP contribution in [0.15, 0.2) is 78.9 Å². The largest absolute Gasteiger partial charge is 0.480 e. The van der Waals surface area contributed by atoms with Gasteiger partial charge in [-0.2, -0.15) is 0 Å². The Labute approximate surface area is 173 Å². The highest BCUT2D eigenvalue weighted by atomic mass is 35.5. The molecule has 3 aromatic carbocycles. The lowest BCUT2D eigenvalue weighted by Gasteiger charge is -2.15. The van der Waals surface area contributed by atoms with Crippen molar-refractivity contribution in [1.82, 2.24) is 5.32 Å². The number of rotatable bonds is 7. The summed E-state index contributed by atoms with van der Waals surface area (Å²) >= 11 is 5.85. The van der Waals surface area contributed by atoms with Gasteiger partial charge in [0.25, 0.3) is 0 Å². The molecule has 7 heteroatoms. The second-order valence-electron chi connectivity index (χ2n) is 6.26. The van der Waals surface area contributed by atoms with Gasteiger partial charge in [0.2, 0.25) is 0 Å². The monoisotopic (exact) mass is 410 g/mol. The topological polar surface area (TPSA) is 87.7 Å². The maximum absolute atomic E-state index is 12.2. The number of hydrogen-bond donors (Lipinski definition) is 3. The summed E-state index contributed by atoms with van der Waals surface area (Å²) in [5.74, 6) is 0.125. The van der Waals surface area contributed by atoms with Gasteiger partial charge in [-0.25, -0.2) is 9.59 Å². The molecule has 0 aliphatic carbocycles. The van der Waals surface area contributed by atoms with E-state index in [1.54, 1.807) is 48.5 Å². The Kier molecular flexibility index (Phi) is 6.71. The molecular formula is C22H19ClN2O4. The molecule has 3 N–H and O–H groups in total. The van der Waals surface area contributed by atoms with E-state index in [4.69, 9.17) is 16.3 Å². The van der Waals surface area contributed by atoms with Crippen molar-refractivity contribution in [2.45, 2.75) is 12.5 Å². The molecule has 0 aromatic heterocycles. The van der Waals surface area contributed by atoms with Crippen molar-refractivity contribution in [3.63, 3.8) is 0 Å². The van der Waals surface area contributed by atoms with E-state index < -0.39 is 18.0 Å². The highest BCUT2D eigenvalue weighted by molar-refractivity contribution is 6.30. The number of ether oxygens (including phenoxy) is 1. The summed E-state index contributed by atoms with van der Waals surface area (Å²) in [4.78, 5) is 23.7. The average molecular weight is 411 g/mol. The van der Waals surface area contributed by atoms with E-state index in [1.807, 2.05) is 30.3 Å². The van der Waals surface area contributed by atoms with Crippen molar-refractivity contribution in [3.8, 4) is 11.5 Å². The van der Waals surface area contributed by atoms with Gasteiger partial charge in [0.05, 0.1) is 0 Å². The van der Waals surface area contributed by atoms with Crippen LogP contribution in [0.5, 0.6) is 11.5 Å². The zero-order valence-electron chi connectivity index (χ0n) is 15.3. The summed E-state index contributed by atoms with van der Waals surface area (Å²) in [5.41, 5.74) is 1.33. The zero-order valence-corrected chi connectivity index (χ0v) is 16.1. The van der Waals surface area contributed by atoms with Gasteiger partial charge in [0.1, 0.15) is 17.5 Å². The van der Waals surface area contributed by atoms with E-state index in [0.29, 0.717) is 22.2 Å². The maximum Gasteiger partial charge on any atom is 0.326 e. The molecule has 0 fully saturated rings. The van der Waals surface area contributed by atoms with Gasteiger partial charge in [0, 0.05) is 17.1 Å². The molecular weight excluding hydrogens is 392 g/mol. The molecule has 0 bridgehead atoms. The Morgan fingerprint density at radius 3 is 2.07 bits per heavy atom. The normalized spacial score (nSPS) is 11.3. The summed E-state index contributed by atoms with van der Waals surface area (Å²) in [7, 11) is 0. The van der Waals surface area contributed by atoms with Gasteiger partial charge >= 0.3 is 12.0 Å². The number of aliphatic carboxylic acids is 1. The minimum Gasteiger partial charge on any atom is -0.480 e. The molecule has 0 saturated heterocycles. The second-order valence-corrected chi connectivity index (χ2v) is 6.70. The molecule has 0 saturated carbocycles. The van der Waals surface area contributed by atoms with Crippen LogP contribution in [0.25, 0.3) is 0 Å². The summed E-state index contributed by atoms with van der Waals surface area (Å²) in [5, 5.41) is 15.1. The fourth-order valence-electron chi connectivity index (χ4n) is 2.62. The maximum atomic E-state index is 12.2. The molecule has 0 radical (unpaired) electrons. The summed E-state index contributed by atoms with van der Waals surface area (Å²) < 4.78 is 5.69. The van der Waals surface area contributed by atoms with Crippen LogP contribution in [0.4, 0.5) is 10.5 Å². The summed E-state index contributed by atoms with van der Waals surface area (Å²) in [6, 6.07) is 21.2. The third-order valence-corrected chi connectivity index (χ3v) is 4.30. The van der Waals surface area contributed by atoms with Crippen LogP contribution >= 0.6 is 11.6 Å². The fraction of sp³-hybridized carbons (Fsp3) is 0.0909. The van der Waals surface area contributed by atoms with Crippen LogP contribution in [0.2, 0.25) is 5.02 Å². The molecule has 2 amide bonds. The first-order chi connectivity index (χ1) is 14.0. The highest BCUT2D eigenvalue weighted by Crippen LogP contribution is 2.24. The molecule has 3 aromatic rings. The summed E-state index contributed by atoms with van der Waals surface area (Å²) in [6.45, 7) is 0. The first-order valence-electron chi connectivity index (χ1n) is 8.87. The van der Waals surface area contributed by atoms with Crippen molar-refractivity contribution in [2.24, 2.45) is 0 Å². The molecule has 0 unspecified atom stereocenters. The molecule has 148 valence electrons. The Bertz CT molecular complexity index is 960. The number of hydrogen-bond acceptors (Lipinski definition) is 3. The number of halogens is 1. The molecule has 0 aliphatic heterocycles. The zero-order chi connectivity index (χ0) is 20.6. The lowest BCUT2D eigenvalue weighted by molar-refractivity contribution is -0.139. The third-order valence-electron chi connectivity index (χ3n) is 4.05. The van der Waals surface area contributed by atoms with Crippen LogP contribution in [-0.2, 0) is 11.2 Å². The van der Waals surface area contributed by atoms with Gasteiger partial charge in [-0.15, -0.1) is 0 Å². The molecule has 1 atom stereocenters. The predicted molar refractivity (Wildman–Crippen MR) is 112 cm³/mol. The smallest absolute Gasteiger partial charge is 0.326 e. The van der Waals surface area contributed by atoms with E-state index in [2.05, 4.69) is 10.6 Å². The molecule has 6 nitrogen and oxygen atoms in total. The van der Waals surface area contributed by atoms with Crippen molar-refractivity contribution in [1.29, 1.82) is 0 Å². The van der Waals surface area contributed by atoms with Gasteiger partial charge in [0.15, 0.2) is 0 Å². The van der Waals surface area contributed by atoms with Crippen LogP contribution in [0, 0.1) is 0 Å². The first-order valence-corrected chi connectivity index (χ1v) is 9.25. The number of carbonyl (C=O) groups is 2. The van der Waals surface area contributed by atoms with Crippen LogP contribution in [0.1, 0.15) is 5.56 Å². The third kappa shape index (κ3) is 6.26. The fourth-order valence-corrected chi connectivity index (χ4v) is 2.75. The van der Waals surface area contributed by atoms with E-state index in [-0.39, 0.29) is 6.42 Å². The van der Waals surface area contributed by atoms with Gasteiger partial charge < -0.3 is 20.5 Å². The number of urea groups is 1. The standard InChI is InChI=1S/C22H19ClN2O4/c23-16-6-10-18(11-7-16)29-19-12-8-17(9-13-19)24-22(28)25-20(21(26)27)14-15-4-2-1-3-5-15/h1-13,20H,14H2,(H,26,27)(H2,24,25,28)/t20-/m0/s1. The minimum atomic E-state index is -1.10. The SMILES string of the molecule is O=C(Nc1ccc(Oc2ccc(Cl)cc2)cc1)N[C@@H](Cc1ccccc1)C(=O)O. The number of carboxylic acids is 1. The Hall–Kier alpha value is -3.51. The molecule has 0 spiro atoms. The van der Waals surface area contributed by atoms with Gasteiger partial charge in [-0.3, -0.25) is 0 Å². The predicted octanol–water partition coefficient (Wildman–Crippen LogP) is 4.95. The quantitative estimate of drug-likeness (QED) is 0.514.